The third kappa shape index (κ3) is 2.19. The van der Waals surface area contributed by atoms with Crippen LogP contribution in [0.2, 0.25) is 0 Å². The van der Waals surface area contributed by atoms with Crippen molar-refractivity contribution in [2.24, 2.45) is 5.10 Å². The van der Waals surface area contributed by atoms with Gasteiger partial charge in [0.25, 0.3) is 0 Å². The van der Waals surface area contributed by atoms with Gasteiger partial charge >= 0.3 is 0 Å². The maximum absolute atomic E-state index is 9.51. The lowest BCUT2D eigenvalue weighted by Crippen LogP contribution is -2.23. The normalized spacial score (nSPS) is 19.5. The third-order valence-corrected chi connectivity index (χ3v) is 3.52. The van der Waals surface area contributed by atoms with Crippen LogP contribution in [0.4, 0.5) is 0 Å². The molecule has 0 saturated heterocycles. The van der Waals surface area contributed by atoms with Crippen LogP contribution in [-0.2, 0) is 0 Å². The average molecular weight is 265 g/mol. The van der Waals surface area contributed by atoms with Gasteiger partial charge in [0, 0.05) is 17.7 Å². The van der Waals surface area contributed by atoms with Gasteiger partial charge in [0.15, 0.2) is 6.04 Å². The van der Waals surface area contributed by atoms with Gasteiger partial charge < -0.3 is 4.42 Å². The topological polar surface area (TPSA) is 52.5 Å². The van der Waals surface area contributed by atoms with Crippen LogP contribution in [0.3, 0.4) is 0 Å². The SMILES string of the molecule is CC1=NN(C(C#N)c2ccoc2)C(c2ccccc2)C1. The minimum absolute atomic E-state index is 0.107. The molecular weight excluding hydrogens is 250 g/mol. The number of hydrogen-bond acceptors (Lipinski definition) is 4. The number of hydrazone groups is 1. The molecule has 0 N–H and O–H groups in total. The molecule has 1 aliphatic rings. The van der Waals surface area contributed by atoms with Gasteiger partial charge in [-0.1, -0.05) is 30.3 Å². The summed E-state index contributed by atoms with van der Waals surface area (Å²) in [6, 6.07) is 14.0. The van der Waals surface area contributed by atoms with Crippen LogP contribution in [0.15, 0.2) is 58.4 Å². The summed E-state index contributed by atoms with van der Waals surface area (Å²) < 4.78 is 5.10. The molecule has 1 aromatic carbocycles. The summed E-state index contributed by atoms with van der Waals surface area (Å²) in [5.41, 5.74) is 3.06. The Morgan fingerprint density at radius 3 is 2.80 bits per heavy atom. The molecule has 100 valence electrons. The largest absolute Gasteiger partial charge is 0.472 e. The predicted molar refractivity (Wildman–Crippen MR) is 75.8 cm³/mol. The molecule has 0 bridgehead atoms. The minimum atomic E-state index is -0.420. The van der Waals surface area contributed by atoms with E-state index < -0.39 is 6.04 Å². The summed E-state index contributed by atoms with van der Waals surface area (Å²) in [6.45, 7) is 2.00. The van der Waals surface area contributed by atoms with Crippen molar-refractivity contribution in [3.8, 4) is 6.07 Å². The second-order valence-electron chi connectivity index (χ2n) is 4.93. The molecule has 0 saturated carbocycles. The summed E-state index contributed by atoms with van der Waals surface area (Å²) >= 11 is 0. The van der Waals surface area contributed by atoms with Crippen molar-refractivity contribution in [1.29, 1.82) is 5.26 Å². The zero-order valence-corrected chi connectivity index (χ0v) is 11.2. The fourth-order valence-electron chi connectivity index (χ4n) is 2.58. The van der Waals surface area contributed by atoms with Gasteiger partial charge in [-0.2, -0.15) is 10.4 Å². The van der Waals surface area contributed by atoms with Gasteiger partial charge in [0.05, 0.1) is 24.6 Å². The Hall–Kier alpha value is -2.54. The zero-order valence-electron chi connectivity index (χ0n) is 11.2. The Balaban J connectivity index is 1.95. The molecule has 0 amide bonds. The molecule has 2 heterocycles. The number of benzene rings is 1. The van der Waals surface area contributed by atoms with Gasteiger partial charge in [-0.3, -0.25) is 5.01 Å². The van der Waals surface area contributed by atoms with Gasteiger partial charge in [-0.15, -0.1) is 0 Å². The second kappa shape index (κ2) is 5.22. The van der Waals surface area contributed by atoms with E-state index in [2.05, 4.69) is 23.3 Å². The minimum Gasteiger partial charge on any atom is -0.472 e. The van der Waals surface area contributed by atoms with E-state index in [-0.39, 0.29) is 6.04 Å². The molecule has 0 spiro atoms. The highest BCUT2D eigenvalue weighted by Crippen LogP contribution is 2.37. The molecule has 3 rings (SSSR count). The average Bonchev–Trinajstić information content (AvgIpc) is 3.11. The van der Waals surface area contributed by atoms with Crippen molar-refractivity contribution in [2.75, 3.05) is 0 Å². The zero-order chi connectivity index (χ0) is 13.9. The maximum Gasteiger partial charge on any atom is 0.162 e. The lowest BCUT2D eigenvalue weighted by Gasteiger charge is -2.27. The second-order valence-corrected chi connectivity index (χ2v) is 4.93. The maximum atomic E-state index is 9.51. The highest BCUT2D eigenvalue weighted by molar-refractivity contribution is 5.84. The highest BCUT2D eigenvalue weighted by Gasteiger charge is 2.33. The summed E-state index contributed by atoms with van der Waals surface area (Å²) in [5.74, 6) is 0. The monoisotopic (exact) mass is 265 g/mol. The summed E-state index contributed by atoms with van der Waals surface area (Å²) in [4.78, 5) is 0. The summed E-state index contributed by atoms with van der Waals surface area (Å²) in [5, 5.41) is 16.0. The molecule has 2 unspecified atom stereocenters. The Morgan fingerprint density at radius 2 is 2.15 bits per heavy atom. The van der Waals surface area contributed by atoms with Crippen molar-refractivity contribution in [2.45, 2.75) is 25.4 Å². The fourth-order valence-corrected chi connectivity index (χ4v) is 2.58. The summed E-state index contributed by atoms with van der Waals surface area (Å²) in [7, 11) is 0. The Kier molecular flexibility index (Phi) is 3.26. The number of furan rings is 1. The molecule has 1 aliphatic heterocycles. The lowest BCUT2D eigenvalue weighted by molar-refractivity contribution is 0.196. The van der Waals surface area contributed by atoms with Crippen LogP contribution >= 0.6 is 0 Å². The van der Waals surface area contributed by atoms with Crippen molar-refractivity contribution in [3.05, 3.63) is 60.1 Å². The van der Waals surface area contributed by atoms with Crippen molar-refractivity contribution < 1.29 is 4.42 Å². The van der Waals surface area contributed by atoms with E-state index in [9.17, 15) is 5.26 Å². The standard InChI is InChI=1S/C16H15N3O/c1-12-9-15(13-5-3-2-4-6-13)19(18-12)16(10-17)14-7-8-20-11-14/h2-8,11,15-16H,9H2,1H3. The van der Waals surface area contributed by atoms with E-state index in [1.807, 2.05) is 36.2 Å². The van der Waals surface area contributed by atoms with E-state index >= 15 is 0 Å². The van der Waals surface area contributed by atoms with E-state index in [4.69, 9.17) is 4.42 Å². The van der Waals surface area contributed by atoms with Gasteiger partial charge in [-0.05, 0) is 18.6 Å². The molecule has 20 heavy (non-hydrogen) atoms. The van der Waals surface area contributed by atoms with Gasteiger partial charge in [-0.25, -0.2) is 0 Å². The van der Waals surface area contributed by atoms with Crippen LogP contribution in [0, 0.1) is 11.3 Å². The Bertz CT molecular complexity index is 640. The van der Waals surface area contributed by atoms with E-state index in [1.54, 1.807) is 12.5 Å². The number of rotatable bonds is 3. The molecule has 2 aromatic rings. The van der Waals surface area contributed by atoms with Crippen LogP contribution in [-0.4, -0.2) is 10.7 Å². The lowest BCUT2D eigenvalue weighted by atomic mass is 10.0. The highest BCUT2D eigenvalue weighted by atomic mass is 16.3. The van der Waals surface area contributed by atoms with E-state index in [1.165, 1.54) is 5.56 Å². The summed E-state index contributed by atoms with van der Waals surface area (Å²) in [6.07, 6.45) is 4.04. The molecular formula is C16H15N3O. The number of hydrogen-bond donors (Lipinski definition) is 0. The molecule has 0 radical (unpaired) electrons. The van der Waals surface area contributed by atoms with Crippen LogP contribution in [0.5, 0.6) is 0 Å². The predicted octanol–water partition coefficient (Wildman–Crippen LogP) is 3.67. The first-order chi connectivity index (χ1) is 9.79. The Morgan fingerprint density at radius 1 is 1.35 bits per heavy atom. The molecule has 4 heteroatoms. The molecule has 2 atom stereocenters. The third-order valence-electron chi connectivity index (χ3n) is 3.52. The van der Waals surface area contributed by atoms with E-state index in [0.29, 0.717) is 0 Å². The quantitative estimate of drug-likeness (QED) is 0.850. The van der Waals surface area contributed by atoms with Crippen molar-refractivity contribution >= 4 is 5.71 Å². The number of nitriles is 1. The van der Waals surface area contributed by atoms with Crippen molar-refractivity contribution in [3.63, 3.8) is 0 Å². The van der Waals surface area contributed by atoms with E-state index in [0.717, 1.165) is 17.7 Å². The first-order valence-corrected chi connectivity index (χ1v) is 6.58. The van der Waals surface area contributed by atoms with Crippen molar-refractivity contribution in [1.82, 2.24) is 5.01 Å². The first-order valence-electron chi connectivity index (χ1n) is 6.58. The van der Waals surface area contributed by atoms with Crippen LogP contribution in [0.1, 0.15) is 36.6 Å². The van der Waals surface area contributed by atoms with Gasteiger partial charge in [0.1, 0.15) is 0 Å². The molecule has 0 fully saturated rings. The van der Waals surface area contributed by atoms with Gasteiger partial charge in [0.2, 0.25) is 0 Å². The first kappa shape index (κ1) is 12.5. The smallest absolute Gasteiger partial charge is 0.162 e. The van der Waals surface area contributed by atoms with Crippen LogP contribution < -0.4 is 0 Å². The molecule has 4 nitrogen and oxygen atoms in total. The number of nitrogens with zero attached hydrogens (tertiary/aromatic N) is 3. The Labute approximate surface area is 117 Å². The molecule has 0 aliphatic carbocycles. The fraction of sp³-hybridized carbons (Fsp3) is 0.250. The molecule has 1 aromatic heterocycles. The van der Waals surface area contributed by atoms with Crippen LogP contribution in [0.25, 0.3) is 0 Å².